The molecule has 4 heterocycles. The van der Waals surface area contributed by atoms with Crippen LogP contribution in [0.2, 0.25) is 0 Å². The zero-order valence-electron chi connectivity index (χ0n) is 18.8. The van der Waals surface area contributed by atoms with Crippen LogP contribution < -0.4 is 4.90 Å². The Hall–Kier alpha value is -3.28. The average Bonchev–Trinajstić information content (AvgIpc) is 3.20. The molecule has 0 radical (unpaired) electrons. The highest BCUT2D eigenvalue weighted by Crippen LogP contribution is 2.34. The van der Waals surface area contributed by atoms with Crippen LogP contribution in [-0.4, -0.2) is 75.4 Å². The number of hydrogen-bond acceptors (Lipinski definition) is 11. The lowest BCUT2D eigenvalue weighted by atomic mass is 10.0. The summed E-state index contributed by atoms with van der Waals surface area (Å²) in [5, 5.41) is 0. The van der Waals surface area contributed by atoms with Gasteiger partial charge in [-0.1, -0.05) is 0 Å². The van der Waals surface area contributed by atoms with Crippen molar-refractivity contribution in [1.82, 2.24) is 19.5 Å². The normalized spacial score (nSPS) is 25.5. The summed E-state index contributed by atoms with van der Waals surface area (Å²) in [5.74, 6) is -1.07. The first-order valence-electron chi connectivity index (χ1n) is 10.9. The highest BCUT2D eigenvalue weighted by atomic mass is 16.6. The van der Waals surface area contributed by atoms with Crippen LogP contribution >= 0.6 is 0 Å². The van der Waals surface area contributed by atoms with Crippen molar-refractivity contribution in [1.29, 1.82) is 0 Å². The molecule has 2 fully saturated rings. The summed E-state index contributed by atoms with van der Waals surface area (Å²) >= 11 is 0. The molecule has 4 atom stereocenters. The van der Waals surface area contributed by atoms with E-state index in [4.69, 9.17) is 18.9 Å². The maximum absolute atomic E-state index is 11.9. The molecule has 2 aromatic heterocycles. The fourth-order valence-corrected chi connectivity index (χ4v) is 4.32. The molecular formula is C21H27N5O7. The van der Waals surface area contributed by atoms with Crippen LogP contribution in [0.25, 0.3) is 11.2 Å². The number of carbonyl (C=O) groups excluding carboxylic acids is 3. The van der Waals surface area contributed by atoms with Gasteiger partial charge in [0.15, 0.2) is 41.5 Å². The van der Waals surface area contributed by atoms with E-state index >= 15 is 0 Å². The van der Waals surface area contributed by atoms with Gasteiger partial charge in [-0.2, -0.15) is 0 Å². The van der Waals surface area contributed by atoms with Gasteiger partial charge in [0.05, 0.1) is 12.9 Å². The van der Waals surface area contributed by atoms with Crippen molar-refractivity contribution < 1.29 is 33.3 Å². The van der Waals surface area contributed by atoms with E-state index in [0.29, 0.717) is 11.2 Å². The van der Waals surface area contributed by atoms with Crippen LogP contribution in [0.15, 0.2) is 12.7 Å². The summed E-state index contributed by atoms with van der Waals surface area (Å²) in [5.41, 5.74) is 1.08. The number of rotatable bonds is 5. The standard InChI is InChI=1S/C21H27N5O7/c1-12(27)31-15-9-30-21(18(33-14(3)29)17(15)32-13(2)28)26-11-24-16-19(22-10-23-20(16)26)25-7-5-4-6-8-25/h10-11,15,17-18,21H,4-9H2,1-3H3/t15-,17-,18-,21-/m1/s1. The molecule has 2 saturated heterocycles. The predicted octanol–water partition coefficient (Wildman–Crippen LogP) is 1.14. The number of carbonyl (C=O) groups is 3. The summed E-state index contributed by atoms with van der Waals surface area (Å²) in [4.78, 5) is 50.8. The van der Waals surface area contributed by atoms with Gasteiger partial charge in [-0.15, -0.1) is 0 Å². The average molecular weight is 461 g/mol. The van der Waals surface area contributed by atoms with Crippen LogP contribution in [0.4, 0.5) is 5.82 Å². The molecule has 0 amide bonds. The summed E-state index contributed by atoms with van der Waals surface area (Å²) in [6.07, 6.45) is 2.29. The number of anilines is 1. The third-order valence-electron chi connectivity index (χ3n) is 5.59. The Labute approximate surface area is 190 Å². The van der Waals surface area contributed by atoms with Gasteiger partial charge < -0.3 is 23.8 Å². The predicted molar refractivity (Wildman–Crippen MR) is 113 cm³/mol. The number of piperidine rings is 1. The molecule has 12 nitrogen and oxygen atoms in total. The van der Waals surface area contributed by atoms with E-state index in [2.05, 4.69) is 19.9 Å². The molecular weight excluding hydrogens is 434 g/mol. The van der Waals surface area contributed by atoms with Gasteiger partial charge in [0.1, 0.15) is 6.33 Å². The number of aromatic nitrogens is 4. The smallest absolute Gasteiger partial charge is 0.303 e. The van der Waals surface area contributed by atoms with E-state index in [9.17, 15) is 14.4 Å². The lowest BCUT2D eigenvalue weighted by Crippen LogP contribution is -2.55. The van der Waals surface area contributed by atoms with Gasteiger partial charge in [0.2, 0.25) is 0 Å². The highest BCUT2D eigenvalue weighted by Gasteiger charge is 2.48. The van der Waals surface area contributed by atoms with Crippen molar-refractivity contribution in [2.24, 2.45) is 0 Å². The molecule has 2 aliphatic rings. The van der Waals surface area contributed by atoms with E-state index in [1.165, 1.54) is 39.8 Å². The van der Waals surface area contributed by atoms with Crippen LogP contribution in [0.3, 0.4) is 0 Å². The van der Waals surface area contributed by atoms with Crippen LogP contribution in [0.1, 0.15) is 46.3 Å². The van der Waals surface area contributed by atoms with Gasteiger partial charge in [0, 0.05) is 33.9 Å². The Morgan fingerprint density at radius 3 is 2.24 bits per heavy atom. The second-order valence-corrected chi connectivity index (χ2v) is 8.09. The zero-order valence-corrected chi connectivity index (χ0v) is 18.8. The molecule has 0 unspecified atom stereocenters. The van der Waals surface area contributed by atoms with E-state index in [1.807, 2.05) is 0 Å². The second kappa shape index (κ2) is 9.69. The van der Waals surface area contributed by atoms with Crippen molar-refractivity contribution in [2.45, 2.75) is 64.6 Å². The highest BCUT2D eigenvalue weighted by molar-refractivity contribution is 5.83. The molecule has 0 bridgehead atoms. The zero-order chi connectivity index (χ0) is 23.5. The maximum Gasteiger partial charge on any atom is 0.303 e. The minimum Gasteiger partial charge on any atom is -0.456 e. The van der Waals surface area contributed by atoms with Crippen molar-refractivity contribution >= 4 is 34.9 Å². The first kappa shape index (κ1) is 22.9. The number of ether oxygens (including phenoxy) is 4. The molecule has 178 valence electrons. The minimum atomic E-state index is -1.10. The third-order valence-corrected chi connectivity index (χ3v) is 5.59. The van der Waals surface area contributed by atoms with Gasteiger partial charge in [-0.3, -0.25) is 19.0 Å². The van der Waals surface area contributed by atoms with E-state index < -0.39 is 42.4 Å². The van der Waals surface area contributed by atoms with Crippen LogP contribution in [0, 0.1) is 0 Å². The van der Waals surface area contributed by atoms with Crippen molar-refractivity contribution in [3.05, 3.63) is 12.7 Å². The number of imidazole rings is 1. The SMILES string of the molecule is CC(=O)O[C@@H]1[C@H](OC(C)=O)[C@H](OC(C)=O)CO[C@H]1n1cnc2c(N3CCCCC3)ncnc21. The monoisotopic (exact) mass is 461 g/mol. The van der Waals surface area contributed by atoms with Gasteiger partial charge >= 0.3 is 17.9 Å². The third kappa shape index (κ3) is 4.90. The van der Waals surface area contributed by atoms with E-state index in [-0.39, 0.29) is 6.61 Å². The summed E-state index contributed by atoms with van der Waals surface area (Å²) < 4.78 is 23.8. The minimum absolute atomic E-state index is 0.0797. The first-order chi connectivity index (χ1) is 15.8. The molecule has 0 aliphatic carbocycles. The largest absolute Gasteiger partial charge is 0.456 e. The molecule has 0 spiro atoms. The Morgan fingerprint density at radius 1 is 0.909 bits per heavy atom. The summed E-state index contributed by atoms with van der Waals surface area (Å²) in [6, 6.07) is 0. The molecule has 0 aromatic carbocycles. The lowest BCUT2D eigenvalue weighted by Gasteiger charge is -2.40. The Morgan fingerprint density at radius 2 is 1.58 bits per heavy atom. The fraction of sp³-hybridized carbons (Fsp3) is 0.619. The summed E-state index contributed by atoms with van der Waals surface area (Å²) in [7, 11) is 0. The maximum atomic E-state index is 11.9. The van der Waals surface area contributed by atoms with Crippen molar-refractivity contribution in [2.75, 3.05) is 24.6 Å². The molecule has 33 heavy (non-hydrogen) atoms. The number of hydrogen-bond donors (Lipinski definition) is 0. The molecule has 0 saturated carbocycles. The molecule has 12 heteroatoms. The Balaban J connectivity index is 1.72. The van der Waals surface area contributed by atoms with Gasteiger partial charge in [-0.05, 0) is 19.3 Å². The number of esters is 3. The van der Waals surface area contributed by atoms with Crippen molar-refractivity contribution in [3.8, 4) is 0 Å². The molecule has 4 rings (SSSR count). The molecule has 2 aromatic rings. The lowest BCUT2D eigenvalue weighted by molar-refractivity contribution is -0.239. The number of fused-ring (bicyclic) bond motifs is 1. The quantitative estimate of drug-likeness (QED) is 0.468. The van der Waals surface area contributed by atoms with Gasteiger partial charge in [0.25, 0.3) is 0 Å². The Bertz CT molecular complexity index is 1040. The topological polar surface area (TPSA) is 135 Å². The number of nitrogens with zero attached hydrogens (tertiary/aromatic N) is 5. The second-order valence-electron chi connectivity index (χ2n) is 8.09. The van der Waals surface area contributed by atoms with Crippen LogP contribution in [0.5, 0.6) is 0 Å². The van der Waals surface area contributed by atoms with E-state index in [0.717, 1.165) is 31.7 Å². The fourth-order valence-electron chi connectivity index (χ4n) is 4.32. The molecule has 2 aliphatic heterocycles. The van der Waals surface area contributed by atoms with Gasteiger partial charge in [-0.25, -0.2) is 15.0 Å². The van der Waals surface area contributed by atoms with Crippen molar-refractivity contribution in [3.63, 3.8) is 0 Å². The Kier molecular flexibility index (Phi) is 6.72. The van der Waals surface area contributed by atoms with E-state index in [1.54, 1.807) is 4.57 Å². The first-order valence-corrected chi connectivity index (χ1v) is 10.9. The summed E-state index contributed by atoms with van der Waals surface area (Å²) in [6.45, 7) is 5.38. The van der Waals surface area contributed by atoms with Crippen LogP contribution in [-0.2, 0) is 33.3 Å². The molecule has 0 N–H and O–H groups in total.